The molecule has 0 saturated carbocycles. The van der Waals surface area contributed by atoms with E-state index in [9.17, 15) is 0 Å². The Bertz CT molecular complexity index is 266. The van der Waals surface area contributed by atoms with Gasteiger partial charge in [-0.15, -0.1) is 0 Å². The minimum atomic E-state index is 0.151. The molecule has 2 aliphatic rings. The van der Waals surface area contributed by atoms with Gasteiger partial charge in [0, 0.05) is 50.2 Å². The Morgan fingerprint density at radius 2 is 2.00 bits per heavy atom. The molecular weight excluding hydrogens is 226 g/mol. The molecule has 0 aromatic carbocycles. The number of nitrogens with zero attached hydrogens (tertiary/aromatic N) is 2. The topological polar surface area (TPSA) is 41.7 Å². The van der Waals surface area contributed by atoms with E-state index in [1.54, 1.807) is 0 Å². The first-order valence-electron chi connectivity index (χ1n) is 7.35. The van der Waals surface area contributed by atoms with Crippen LogP contribution in [0.4, 0.5) is 0 Å². The molecule has 3 unspecified atom stereocenters. The quantitative estimate of drug-likeness (QED) is 0.805. The number of ether oxygens (including phenoxy) is 1. The Hall–Kier alpha value is -0.160. The smallest absolute Gasteiger partial charge is 0.0624 e. The van der Waals surface area contributed by atoms with E-state index in [1.165, 1.54) is 32.6 Å². The maximum atomic E-state index is 6.17. The largest absolute Gasteiger partial charge is 0.379 e. The lowest BCUT2D eigenvalue weighted by atomic mass is 9.85. The lowest BCUT2D eigenvalue weighted by Gasteiger charge is -2.41. The monoisotopic (exact) mass is 255 g/mol. The maximum absolute atomic E-state index is 6.17. The van der Waals surface area contributed by atoms with Crippen molar-refractivity contribution >= 4 is 0 Å². The van der Waals surface area contributed by atoms with Crippen molar-refractivity contribution in [3.63, 3.8) is 0 Å². The third-order valence-electron chi connectivity index (χ3n) is 4.83. The van der Waals surface area contributed by atoms with Crippen LogP contribution in [0.2, 0.25) is 0 Å². The third-order valence-corrected chi connectivity index (χ3v) is 4.83. The Morgan fingerprint density at radius 1 is 1.33 bits per heavy atom. The second-order valence-corrected chi connectivity index (χ2v) is 6.35. The van der Waals surface area contributed by atoms with Crippen LogP contribution >= 0.6 is 0 Å². The summed E-state index contributed by atoms with van der Waals surface area (Å²) in [5, 5.41) is 0. The van der Waals surface area contributed by atoms with Crippen LogP contribution in [0.1, 0.15) is 27.2 Å². The highest BCUT2D eigenvalue weighted by Crippen LogP contribution is 2.28. The summed E-state index contributed by atoms with van der Waals surface area (Å²) in [5.41, 5.74) is 6.32. The van der Waals surface area contributed by atoms with Gasteiger partial charge in [-0.2, -0.15) is 0 Å². The van der Waals surface area contributed by atoms with Crippen LogP contribution in [0.3, 0.4) is 0 Å². The first-order valence-corrected chi connectivity index (χ1v) is 7.35. The lowest BCUT2D eigenvalue weighted by molar-refractivity contribution is 0.0613. The molecule has 2 fully saturated rings. The van der Waals surface area contributed by atoms with E-state index in [4.69, 9.17) is 10.5 Å². The summed E-state index contributed by atoms with van der Waals surface area (Å²) >= 11 is 0. The van der Waals surface area contributed by atoms with Gasteiger partial charge in [-0.1, -0.05) is 13.8 Å². The first-order chi connectivity index (χ1) is 8.55. The van der Waals surface area contributed by atoms with Crippen molar-refractivity contribution in [1.29, 1.82) is 0 Å². The fourth-order valence-electron chi connectivity index (χ4n) is 3.02. The first kappa shape index (κ1) is 14.3. The third kappa shape index (κ3) is 3.05. The molecule has 0 aromatic rings. The van der Waals surface area contributed by atoms with Gasteiger partial charge in [0.05, 0.1) is 13.2 Å². The van der Waals surface area contributed by atoms with Gasteiger partial charge >= 0.3 is 0 Å². The van der Waals surface area contributed by atoms with Crippen molar-refractivity contribution < 1.29 is 4.74 Å². The van der Waals surface area contributed by atoms with Crippen LogP contribution < -0.4 is 5.73 Å². The highest BCUT2D eigenvalue weighted by molar-refractivity contribution is 4.93. The molecule has 4 nitrogen and oxygen atoms in total. The molecule has 0 bridgehead atoms. The minimum Gasteiger partial charge on any atom is -0.379 e. The summed E-state index contributed by atoms with van der Waals surface area (Å²) < 4.78 is 5.53. The summed E-state index contributed by atoms with van der Waals surface area (Å²) in [6, 6.07) is 0.921. The van der Waals surface area contributed by atoms with Crippen LogP contribution in [-0.4, -0.2) is 67.8 Å². The standard InChI is InChI=1S/C14H29N3O/c1-4-12(2)17-7-5-16(6-8-17)10-14(3)11-18-9-13(14)15/h12-13H,4-11,15H2,1-3H3. The molecular formula is C14H29N3O. The summed E-state index contributed by atoms with van der Waals surface area (Å²) in [4.78, 5) is 5.16. The maximum Gasteiger partial charge on any atom is 0.0624 e. The van der Waals surface area contributed by atoms with Crippen molar-refractivity contribution in [2.75, 3.05) is 45.9 Å². The van der Waals surface area contributed by atoms with Crippen LogP contribution in [-0.2, 0) is 4.74 Å². The van der Waals surface area contributed by atoms with Gasteiger partial charge in [-0.3, -0.25) is 4.90 Å². The number of hydrogen-bond acceptors (Lipinski definition) is 4. The van der Waals surface area contributed by atoms with Crippen LogP contribution in [0.15, 0.2) is 0 Å². The van der Waals surface area contributed by atoms with E-state index in [0.717, 1.165) is 25.8 Å². The number of hydrogen-bond donors (Lipinski definition) is 1. The normalized spacial score (nSPS) is 37.0. The molecule has 4 heteroatoms. The Kier molecular flexibility index (Phi) is 4.64. The average molecular weight is 255 g/mol. The summed E-state index contributed by atoms with van der Waals surface area (Å²) in [7, 11) is 0. The zero-order valence-electron chi connectivity index (χ0n) is 12.2. The summed E-state index contributed by atoms with van der Waals surface area (Å²) in [5.74, 6) is 0. The van der Waals surface area contributed by atoms with Crippen LogP contribution in [0, 0.1) is 5.41 Å². The van der Waals surface area contributed by atoms with Crippen LogP contribution in [0.25, 0.3) is 0 Å². The van der Waals surface area contributed by atoms with Crippen molar-refractivity contribution in [1.82, 2.24) is 9.80 Å². The van der Waals surface area contributed by atoms with Crippen molar-refractivity contribution in [3.8, 4) is 0 Å². The van der Waals surface area contributed by atoms with E-state index in [2.05, 4.69) is 30.6 Å². The van der Waals surface area contributed by atoms with Gasteiger partial charge in [-0.25, -0.2) is 0 Å². The molecule has 0 aliphatic carbocycles. The molecule has 0 radical (unpaired) electrons. The highest BCUT2D eigenvalue weighted by atomic mass is 16.5. The number of piperazine rings is 1. The Morgan fingerprint density at radius 3 is 2.50 bits per heavy atom. The molecule has 2 heterocycles. The highest BCUT2D eigenvalue weighted by Gasteiger charge is 2.39. The second-order valence-electron chi connectivity index (χ2n) is 6.35. The van der Waals surface area contributed by atoms with Gasteiger partial charge in [0.2, 0.25) is 0 Å². The van der Waals surface area contributed by atoms with Gasteiger partial charge in [-0.05, 0) is 13.3 Å². The van der Waals surface area contributed by atoms with Gasteiger partial charge in [0.25, 0.3) is 0 Å². The zero-order chi connectivity index (χ0) is 13.2. The minimum absolute atomic E-state index is 0.151. The summed E-state index contributed by atoms with van der Waals surface area (Å²) in [6.45, 7) is 14.2. The molecule has 2 rings (SSSR count). The fraction of sp³-hybridized carbons (Fsp3) is 1.00. The lowest BCUT2D eigenvalue weighted by Crippen LogP contribution is -2.54. The SMILES string of the molecule is CCC(C)N1CCN(CC2(C)COCC2N)CC1. The molecule has 3 atom stereocenters. The molecule has 2 aliphatic heterocycles. The Labute approximate surface area is 111 Å². The number of rotatable bonds is 4. The van der Waals surface area contributed by atoms with Crippen molar-refractivity contribution in [3.05, 3.63) is 0 Å². The van der Waals surface area contributed by atoms with E-state index in [0.29, 0.717) is 0 Å². The number of nitrogens with two attached hydrogens (primary N) is 1. The van der Waals surface area contributed by atoms with Gasteiger partial charge < -0.3 is 15.4 Å². The van der Waals surface area contributed by atoms with Crippen molar-refractivity contribution in [2.24, 2.45) is 11.1 Å². The molecule has 0 spiro atoms. The van der Waals surface area contributed by atoms with E-state index >= 15 is 0 Å². The van der Waals surface area contributed by atoms with Gasteiger partial charge in [0.1, 0.15) is 0 Å². The molecule has 18 heavy (non-hydrogen) atoms. The molecule has 2 N–H and O–H groups in total. The molecule has 0 aromatic heterocycles. The average Bonchev–Trinajstić information content (AvgIpc) is 2.69. The van der Waals surface area contributed by atoms with E-state index < -0.39 is 0 Å². The fourth-order valence-corrected chi connectivity index (χ4v) is 3.02. The predicted molar refractivity (Wildman–Crippen MR) is 74.7 cm³/mol. The summed E-state index contributed by atoms with van der Waals surface area (Å²) in [6.07, 6.45) is 1.25. The Balaban J connectivity index is 1.80. The van der Waals surface area contributed by atoms with Crippen molar-refractivity contribution in [2.45, 2.75) is 39.3 Å². The molecule has 2 saturated heterocycles. The molecule has 0 amide bonds. The van der Waals surface area contributed by atoms with E-state index in [1.807, 2.05) is 0 Å². The van der Waals surface area contributed by atoms with Crippen LogP contribution in [0.5, 0.6) is 0 Å². The van der Waals surface area contributed by atoms with Gasteiger partial charge in [0.15, 0.2) is 0 Å². The zero-order valence-corrected chi connectivity index (χ0v) is 12.2. The predicted octanol–water partition coefficient (Wildman–Crippen LogP) is 0.766. The van der Waals surface area contributed by atoms with E-state index in [-0.39, 0.29) is 11.5 Å². The second kappa shape index (κ2) is 5.87. The molecule has 106 valence electrons.